The van der Waals surface area contributed by atoms with E-state index in [4.69, 9.17) is 9.73 Å². The van der Waals surface area contributed by atoms with Crippen molar-refractivity contribution in [1.29, 1.82) is 0 Å². The van der Waals surface area contributed by atoms with Gasteiger partial charge in [0.2, 0.25) is 5.91 Å². The lowest BCUT2D eigenvalue weighted by Crippen LogP contribution is -2.54. The normalized spacial score (nSPS) is 23.9. The summed E-state index contributed by atoms with van der Waals surface area (Å²) in [6, 6.07) is 11.9. The molecular weight excluding hydrogens is 464 g/mol. The van der Waals surface area contributed by atoms with Gasteiger partial charge in [0.25, 0.3) is 5.91 Å². The highest BCUT2D eigenvalue weighted by Gasteiger charge is 2.51. The largest absolute Gasteiger partial charge is 0.365 e. The van der Waals surface area contributed by atoms with E-state index in [0.717, 1.165) is 12.1 Å². The number of hydrogen-bond donors (Lipinski definition) is 2. The quantitative estimate of drug-likeness (QED) is 0.676. The van der Waals surface area contributed by atoms with Crippen LogP contribution >= 0.6 is 11.8 Å². The summed E-state index contributed by atoms with van der Waals surface area (Å²) in [6.45, 7) is 1.11. The zero-order valence-electron chi connectivity index (χ0n) is 18.3. The Balaban J connectivity index is 1.64. The molecule has 2 aliphatic heterocycles. The number of ether oxygens (including phenoxy) is 1. The Labute approximate surface area is 199 Å². The summed E-state index contributed by atoms with van der Waals surface area (Å²) in [5.41, 5.74) is -0.676. The van der Waals surface area contributed by atoms with Gasteiger partial charge in [0.05, 0.1) is 13.2 Å². The van der Waals surface area contributed by atoms with E-state index in [-0.39, 0.29) is 47.9 Å². The van der Waals surface area contributed by atoms with Crippen LogP contribution in [0.4, 0.5) is 8.78 Å². The van der Waals surface area contributed by atoms with Gasteiger partial charge in [-0.05, 0) is 31.5 Å². The SMILES string of the molecule is CC(=O)CNC(=O)[C@H]1C[C@H]2CSC(NC(=O)c3ccccc3)=N[C@@]2(c2ccc(F)cc2F)CO1. The molecule has 34 heavy (non-hydrogen) atoms. The van der Waals surface area contributed by atoms with E-state index < -0.39 is 29.2 Å². The summed E-state index contributed by atoms with van der Waals surface area (Å²) < 4.78 is 34.4. The zero-order chi connectivity index (χ0) is 24.3. The van der Waals surface area contributed by atoms with Gasteiger partial charge < -0.3 is 15.4 Å². The number of amides is 2. The predicted molar refractivity (Wildman–Crippen MR) is 123 cm³/mol. The summed E-state index contributed by atoms with van der Waals surface area (Å²) in [5, 5.41) is 5.59. The fourth-order valence-electron chi connectivity index (χ4n) is 4.12. The molecule has 0 unspecified atom stereocenters. The van der Waals surface area contributed by atoms with Crippen LogP contribution in [0.5, 0.6) is 0 Å². The van der Waals surface area contributed by atoms with E-state index in [1.807, 2.05) is 0 Å². The number of rotatable bonds is 5. The Morgan fingerprint density at radius 1 is 1.18 bits per heavy atom. The summed E-state index contributed by atoms with van der Waals surface area (Å²) in [4.78, 5) is 41.0. The number of hydrogen-bond acceptors (Lipinski definition) is 6. The number of fused-ring (bicyclic) bond motifs is 1. The first kappa shape index (κ1) is 24.0. The van der Waals surface area contributed by atoms with Gasteiger partial charge in [-0.25, -0.2) is 13.8 Å². The maximum atomic E-state index is 14.9. The first-order valence-electron chi connectivity index (χ1n) is 10.7. The van der Waals surface area contributed by atoms with Crippen LogP contribution < -0.4 is 10.6 Å². The maximum Gasteiger partial charge on any atom is 0.257 e. The minimum Gasteiger partial charge on any atom is -0.365 e. The van der Waals surface area contributed by atoms with Crippen LogP contribution in [0.3, 0.4) is 0 Å². The second-order valence-corrected chi connectivity index (χ2v) is 9.26. The Bertz CT molecular complexity index is 1140. The van der Waals surface area contributed by atoms with E-state index in [1.165, 1.54) is 24.8 Å². The lowest BCUT2D eigenvalue weighted by Gasteiger charge is -2.46. The van der Waals surface area contributed by atoms with Crippen LogP contribution in [0.15, 0.2) is 53.5 Å². The summed E-state index contributed by atoms with van der Waals surface area (Å²) in [5.74, 6) is -2.40. The standard InChI is InChI=1S/C24H23F2N3O4S/c1-14(30)11-27-22(32)20-9-16-12-34-23(28-21(31)15-5-3-2-4-6-15)29-24(16,13-33-20)18-8-7-17(25)10-19(18)26/h2-8,10,16,20H,9,11-13H2,1H3,(H,27,32)(H,28,29,31)/t16-,20+,24-/m0/s1. The molecule has 4 rings (SSSR count). The molecule has 0 saturated carbocycles. The summed E-state index contributed by atoms with van der Waals surface area (Å²) >= 11 is 1.29. The van der Waals surface area contributed by atoms with E-state index in [9.17, 15) is 23.2 Å². The molecule has 1 fully saturated rings. The van der Waals surface area contributed by atoms with Crippen molar-refractivity contribution in [3.8, 4) is 0 Å². The van der Waals surface area contributed by atoms with Gasteiger partial charge in [0.15, 0.2) is 5.17 Å². The Kier molecular flexibility index (Phi) is 7.08. The number of nitrogens with zero attached hydrogens (tertiary/aromatic N) is 1. The molecule has 1 saturated heterocycles. The van der Waals surface area contributed by atoms with Gasteiger partial charge in [-0.2, -0.15) is 0 Å². The third-order valence-corrected chi connectivity index (χ3v) is 6.89. The van der Waals surface area contributed by atoms with Crippen molar-refractivity contribution in [2.75, 3.05) is 18.9 Å². The van der Waals surface area contributed by atoms with Gasteiger partial charge in [0, 0.05) is 28.9 Å². The van der Waals surface area contributed by atoms with Crippen LogP contribution in [0.1, 0.15) is 29.3 Å². The number of aliphatic imine (C=N–C) groups is 1. The molecule has 0 bridgehead atoms. The minimum atomic E-state index is -1.25. The Hall–Kier alpha value is -3.11. The fourth-order valence-corrected chi connectivity index (χ4v) is 5.28. The molecule has 0 spiro atoms. The molecule has 2 aromatic carbocycles. The van der Waals surface area contributed by atoms with Gasteiger partial charge in [0.1, 0.15) is 29.1 Å². The van der Waals surface area contributed by atoms with E-state index in [2.05, 4.69) is 10.6 Å². The van der Waals surface area contributed by atoms with Gasteiger partial charge in [-0.3, -0.25) is 14.4 Å². The molecule has 2 heterocycles. The van der Waals surface area contributed by atoms with Crippen LogP contribution in [-0.4, -0.2) is 47.8 Å². The van der Waals surface area contributed by atoms with Crippen molar-refractivity contribution in [3.63, 3.8) is 0 Å². The number of ketones is 1. The van der Waals surface area contributed by atoms with Crippen molar-refractivity contribution in [1.82, 2.24) is 10.6 Å². The second-order valence-electron chi connectivity index (χ2n) is 8.25. The van der Waals surface area contributed by atoms with Crippen LogP contribution in [0.25, 0.3) is 0 Å². The first-order chi connectivity index (χ1) is 16.3. The molecular formula is C24H23F2N3O4S. The highest BCUT2D eigenvalue weighted by Crippen LogP contribution is 2.47. The van der Waals surface area contributed by atoms with E-state index in [0.29, 0.717) is 11.3 Å². The first-order valence-corrected chi connectivity index (χ1v) is 11.7. The molecule has 2 aliphatic rings. The van der Waals surface area contributed by atoms with Crippen molar-refractivity contribution < 1.29 is 27.9 Å². The predicted octanol–water partition coefficient (Wildman–Crippen LogP) is 2.80. The van der Waals surface area contributed by atoms with E-state index >= 15 is 0 Å². The number of halogens is 2. The number of nitrogens with one attached hydrogen (secondary N) is 2. The maximum absolute atomic E-state index is 14.9. The molecule has 2 aromatic rings. The smallest absolute Gasteiger partial charge is 0.257 e. The van der Waals surface area contributed by atoms with Crippen LogP contribution in [0, 0.1) is 17.6 Å². The second kappa shape index (κ2) is 10.0. The van der Waals surface area contributed by atoms with Crippen molar-refractivity contribution >= 4 is 34.5 Å². The number of Topliss-reactive ketones (excluding diaryl/α,β-unsaturated/α-hetero) is 1. The van der Waals surface area contributed by atoms with Crippen molar-refractivity contribution in [2.45, 2.75) is 25.0 Å². The molecule has 10 heteroatoms. The Morgan fingerprint density at radius 3 is 2.65 bits per heavy atom. The summed E-state index contributed by atoms with van der Waals surface area (Å²) in [7, 11) is 0. The molecule has 2 N–H and O–H groups in total. The monoisotopic (exact) mass is 487 g/mol. The van der Waals surface area contributed by atoms with Crippen LogP contribution in [-0.2, 0) is 19.9 Å². The third-order valence-electron chi connectivity index (χ3n) is 5.86. The molecule has 0 radical (unpaired) electrons. The topological polar surface area (TPSA) is 96.9 Å². The minimum absolute atomic E-state index is 0.107. The lowest BCUT2D eigenvalue weighted by molar-refractivity contribution is -0.142. The average molecular weight is 488 g/mol. The highest BCUT2D eigenvalue weighted by molar-refractivity contribution is 8.13. The van der Waals surface area contributed by atoms with E-state index in [1.54, 1.807) is 30.3 Å². The number of carbonyl (C=O) groups is 3. The highest BCUT2D eigenvalue weighted by atomic mass is 32.2. The number of benzene rings is 2. The number of thioether (sulfide) groups is 1. The molecule has 0 aromatic heterocycles. The van der Waals surface area contributed by atoms with Crippen molar-refractivity contribution in [2.24, 2.45) is 10.9 Å². The lowest BCUT2D eigenvalue weighted by atomic mass is 9.75. The number of carbonyl (C=O) groups excluding carboxylic acids is 3. The fraction of sp³-hybridized carbons (Fsp3) is 0.333. The van der Waals surface area contributed by atoms with Gasteiger partial charge in [-0.15, -0.1) is 0 Å². The molecule has 0 aliphatic carbocycles. The van der Waals surface area contributed by atoms with Gasteiger partial charge >= 0.3 is 0 Å². The van der Waals surface area contributed by atoms with Crippen LogP contribution in [0.2, 0.25) is 0 Å². The summed E-state index contributed by atoms with van der Waals surface area (Å²) in [6.07, 6.45) is -0.617. The van der Waals surface area contributed by atoms with Gasteiger partial charge in [-0.1, -0.05) is 36.0 Å². The zero-order valence-corrected chi connectivity index (χ0v) is 19.2. The molecule has 178 valence electrons. The Morgan fingerprint density at radius 2 is 1.94 bits per heavy atom. The third kappa shape index (κ3) is 5.02. The molecule has 2 amide bonds. The average Bonchev–Trinajstić information content (AvgIpc) is 2.82. The van der Waals surface area contributed by atoms with Crippen molar-refractivity contribution in [3.05, 3.63) is 71.3 Å². The number of amidine groups is 1. The molecule has 3 atom stereocenters. The molecule has 7 nitrogen and oxygen atoms in total.